The second-order valence-electron chi connectivity index (χ2n) is 4.88. The summed E-state index contributed by atoms with van der Waals surface area (Å²) in [7, 11) is 0. The Morgan fingerprint density at radius 1 is 1.41 bits per heavy atom. The topological polar surface area (TPSA) is 17.1 Å². The lowest BCUT2D eigenvalue weighted by Gasteiger charge is -2.24. The van der Waals surface area contributed by atoms with Crippen LogP contribution in [0.5, 0.6) is 0 Å². The maximum absolute atomic E-state index is 11.6. The number of rotatable bonds is 5. The quantitative estimate of drug-likeness (QED) is 0.559. The summed E-state index contributed by atoms with van der Waals surface area (Å²) in [5, 5.41) is -0.338. The number of benzene rings is 1. The number of hydrogen-bond acceptors (Lipinski definition) is 1. The average molecular weight is 251 g/mol. The van der Waals surface area contributed by atoms with Crippen molar-refractivity contribution in [2.24, 2.45) is 0 Å². The van der Waals surface area contributed by atoms with Crippen LogP contribution in [0.4, 0.5) is 0 Å². The third-order valence-electron chi connectivity index (χ3n) is 3.20. The fraction of sp³-hybridized carbons (Fsp3) is 0.400. The smallest absolute Gasteiger partial charge is 0.232 e. The van der Waals surface area contributed by atoms with Crippen molar-refractivity contribution in [3.63, 3.8) is 0 Å². The molecule has 1 nitrogen and oxygen atoms in total. The van der Waals surface area contributed by atoms with Gasteiger partial charge in [-0.15, -0.1) is 6.58 Å². The molecule has 0 amide bonds. The highest BCUT2D eigenvalue weighted by molar-refractivity contribution is 6.65. The molecule has 0 fully saturated rings. The maximum atomic E-state index is 11.6. The molecule has 0 aliphatic rings. The van der Waals surface area contributed by atoms with Gasteiger partial charge in [-0.3, -0.25) is 4.79 Å². The zero-order valence-corrected chi connectivity index (χ0v) is 11.4. The molecular weight excluding hydrogens is 232 g/mol. The van der Waals surface area contributed by atoms with Crippen LogP contribution >= 0.6 is 11.6 Å². The van der Waals surface area contributed by atoms with Crippen LogP contribution in [-0.4, -0.2) is 5.24 Å². The van der Waals surface area contributed by atoms with Gasteiger partial charge in [0.25, 0.3) is 0 Å². The molecule has 1 rings (SSSR count). The van der Waals surface area contributed by atoms with Crippen molar-refractivity contribution in [1.82, 2.24) is 0 Å². The van der Waals surface area contributed by atoms with Crippen molar-refractivity contribution >= 4 is 16.8 Å². The molecule has 0 heterocycles. The lowest BCUT2D eigenvalue weighted by atomic mass is 9.80. The lowest BCUT2D eigenvalue weighted by Crippen LogP contribution is -2.28. The lowest BCUT2D eigenvalue weighted by molar-refractivity contribution is -0.116. The number of halogens is 1. The van der Waals surface area contributed by atoms with Crippen molar-refractivity contribution in [3.8, 4) is 0 Å². The Labute approximate surface area is 108 Å². The normalized spacial score (nSPS) is 14.4. The van der Waals surface area contributed by atoms with E-state index in [4.69, 9.17) is 11.6 Å². The van der Waals surface area contributed by atoms with Crippen LogP contribution in [0.3, 0.4) is 0 Å². The van der Waals surface area contributed by atoms with Gasteiger partial charge in [-0.2, -0.15) is 0 Å². The monoisotopic (exact) mass is 250 g/mol. The molecule has 0 saturated carbocycles. The molecule has 0 aliphatic heterocycles. The van der Waals surface area contributed by atoms with E-state index in [2.05, 4.69) is 32.6 Å². The third kappa shape index (κ3) is 2.98. The molecule has 0 spiro atoms. The molecule has 0 N–H and O–H groups in total. The molecule has 0 saturated heterocycles. The van der Waals surface area contributed by atoms with Crippen LogP contribution in [0.25, 0.3) is 0 Å². The highest BCUT2D eigenvalue weighted by atomic mass is 35.5. The molecule has 1 atom stereocenters. The molecule has 0 aliphatic carbocycles. The summed E-state index contributed by atoms with van der Waals surface area (Å²) < 4.78 is 0. The van der Waals surface area contributed by atoms with Gasteiger partial charge in [0, 0.05) is 0 Å². The third-order valence-corrected chi connectivity index (χ3v) is 3.62. The zero-order chi connectivity index (χ0) is 13.1. The fourth-order valence-corrected chi connectivity index (χ4v) is 2.02. The Morgan fingerprint density at radius 2 is 1.94 bits per heavy atom. The SMILES string of the molecule is C=CCC(C)(C(=O)Cl)c1ccc(C(C)C)cc1. The number of hydrogen-bond donors (Lipinski definition) is 0. The molecule has 17 heavy (non-hydrogen) atoms. The molecule has 0 aromatic heterocycles. The van der Waals surface area contributed by atoms with Gasteiger partial charge in [-0.05, 0) is 42.0 Å². The van der Waals surface area contributed by atoms with E-state index < -0.39 is 5.41 Å². The Bertz CT molecular complexity index is 405. The van der Waals surface area contributed by atoms with E-state index in [1.807, 2.05) is 19.1 Å². The van der Waals surface area contributed by atoms with Gasteiger partial charge in [0.15, 0.2) is 0 Å². The summed E-state index contributed by atoms with van der Waals surface area (Å²) in [5.41, 5.74) is 1.54. The van der Waals surface area contributed by atoms with Gasteiger partial charge in [0.1, 0.15) is 0 Å². The number of carbonyl (C=O) groups is 1. The van der Waals surface area contributed by atoms with Crippen LogP contribution in [0.1, 0.15) is 44.2 Å². The van der Waals surface area contributed by atoms with Gasteiger partial charge < -0.3 is 0 Å². The van der Waals surface area contributed by atoms with E-state index in [9.17, 15) is 4.79 Å². The van der Waals surface area contributed by atoms with Crippen molar-refractivity contribution in [3.05, 3.63) is 48.0 Å². The van der Waals surface area contributed by atoms with Crippen molar-refractivity contribution in [2.75, 3.05) is 0 Å². The Morgan fingerprint density at radius 3 is 2.29 bits per heavy atom. The Hall–Kier alpha value is -1.08. The summed E-state index contributed by atoms with van der Waals surface area (Å²) in [5.74, 6) is 0.487. The Balaban J connectivity index is 3.12. The first kappa shape index (κ1) is 14.0. The minimum atomic E-state index is -0.668. The van der Waals surface area contributed by atoms with E-state index in [0.29, 0.717) is 12.3 Å². The summed E-state index contributed by atoms with van der Waals surface area (Å²) in [4.78, 5) is 11.6. The van der Waals surface area contributed by atoms with Gasteiger partial charge >= 0.3 is 0 Å². The van der Waals surface area contributed by atoms with Crippen molar-refractivity contribution in [2.45, 2.75) is 38.5 Å². The Kier molecular flexibility index (Phi) is 4.53. The molecule has 0 radical (unpaired) electrons. The van der Waals surface area contributed by atoms with E-state index in [0.717, 1.165) is 5.56 Å². The standard InChI is InChI=1S/C15H19ClO/c1-5-10-15(4,14(16)17)13-8-6-12(7-9-13)11(2)3/h5-9,11H,1,10H2,2-4H3. The second-order valence-corrected chi connectivity index (χ2v) is 5.22. The van der Waals surface area contributed by atoms with Gasteiger partial charge in [-0.1, -0.05) is 44.2 Å². The highest BCUT2D eigenvalue weighted by Gasteiger charge is 2.32. The van der Waals surface area contributed by atoms with E-state index in [1.165, 1.54) is 5.56 Å². The average Bonchev–Trinajstić information content (AvgIpc) is 2.29. The zero-order valence-electron chi connectivity index (χ0n) is 10.7. The minimum Gasteiger partial charge on any atom is -0.280 e. The fourth-order valence-electron chi connectivity index (χ4n) is 1.84. The second kappa shape index (κ2) is 5.50. The summed E-state index contributed by atoms with van der Waals surface area (Å²) in [6.45, 7) is 9.83. The van der Waals surface area contributed by atoms with Crippen LogP contribution < -0.4 is 0 Å². The first-order valence-electron chi connectivity index (χ1n) is 5.83. The van der Waals surface area contributed by atoms with Crippen molar-refractivity contribution < 1.29 is 4.79 Å². The first-order chi connectivity index (χ1) is 7.91. The number of allylic oxidation sites excluding steroid dienone is 1. The van der Waals surface area contributed by atoms with Gasteiger partial charge in [0.05, 0.1) is 5.41 Å². The largest absolute Gasteiger partial charge is 0.280 e. The predicted octanol–water partition coefficient (Wildman–Crippen LogP) is 4.41. The van der Waals surface area contributed by atoms with Crippen LogP contribution in [0.15, 0.2) is 36.9 Å². The molecule has 1 aromatic carbocycles. The van der Waals surface area contributed by atoms with Gasteiger partial charge in [-0.25, -0.2) is 0 Å². The van der Waals surface area contributed by atoms with Crippen molar-refractivity contribution in [1.29, 1.82) is 0 Å². The molecule has 1 unspecified atom stereocenters. The first-order valence-corrected chi connectivity index (χ1v) is 6.21. The minimum absolute atomic E-state index is 0.338. The van der Waals surface area contributed by atoms with Crippen LogP contribution in [0.2, 0.25) is 0 Å². The van der Waals surface area contributed by atoms with E-state index in [-0.39, 0.29) is 5.24 Å². The van der Waals surface area contributed by atoms with E-state index >= 15 is 0 Å². The molecule has 92 valence electrons. The molecule has 0 bridgehead atoms. The molecule has 1 aromatic rings. The predicted molar refractivity (Wildman–Crippen MR) is 73.6 cm³/mol. The van der Waals surface area contributed by atoms with Gasteiger partial charge in [0.2, 0.25) is 5.24 Å². The molecular formula is C15H19ClO. The summed E-state index contributed by atoms with van der Waals surface area (Å²) >= 11 is 5.71. The summed E-state index contributed by atoms with van der Waals surface area (Å²) in [6.07, 6.45) is 2.28. The molecule has 2 heteroatoms. The van der Waals surface area contributed by atoms with Crippen LogP contribution in [0, 0.1) is 0 Å². The number of carbonyl (C=O) groups excluding carboxylic acids is 1. The van der Waals surface area contributed by atoms with E-state index in [1.54, 1.807) is 6.08 Å². The maximum Gasteiger partial charge on any atom is 0.232 e. The highest BCUT2D eigenvalue weighted by Crippen LogP contribution is 2.31. The summed E-state index contributed by atoms with van der Waals surface area (Å²) in [6, 6.07) is 8.08. The van der Waals surface area contributed by atoms with Crippen LogP contribution in [-0.2, 0) is 10.2 Å².